The molecule has 39 heavy (non-hydrogen) atoms. The summed E-state index contributed by atoms with van der Waals surface area (Å²) in [5.74, 6) is 0.653. The van der Waals surface area contributed by atoms with Crippen LogP contribution in [0, 0.1) is 0 Å². The van der Waals surface area contributed by atoms with E-state index in [-0.39, 0.29) is 23.9 Å². The van der Waals surface area contributed by atoms with Crippen LogP contribution in [0.4, 0.5) is 0 Å². The van der Waals surface area contributed by atoms with Gasteiger partial charge in [0.05, 0.1) is 79.3 Å². The van der Waals surface area contributed by atoms with Gasteiger partial charge in [0.25, 0.3) is 0 Å². The Balaban J connectivity index is 1.81. The van der Waals surface area contributed by atoms with E-state index in [1.54, 1.807) is 39.8 Å². The molecule has 0 bridgehead atoms. The Bertz CT molecular complexity index is 734. The lowest BCUT2D eigenvalue weighted by Gasteiger charge is -2.21. The minimum Gasteiger partial charge on any atom is -0.491 e. The Morgan fingerprint density at radius 2 is 1.23 bits per heavy atom. The average molecular weight is 594 g/mol. The zero-order valence-corrected chi connectivity index (χ0v) is 25.2. The van der Waals surface area contributed by atoms with E-state index in [1.807, 2.05) is 0 Å². The number of carbonyl (C=O) groups excluding carboxylic acids is 1. The van der Waals surface area contributed by atoms with Crippen LogP contribution in [-0.4, -0.2) is 106 Å². The number of rotatable bonds is 26. The molecule has 0 saturated heterocycles. The fraction of sp³-hybridized carbons (Fsp3) is 0.741. The number of ether oxygens (including phenoxy) is 6. The summed E-state index contributed by atoms with van der Waals surface area (Å²) >= 11 is 0. The van der Waals surface area contributed by atoms with E-state index in [0.717, 1.165) is 6.42 Å². The van der Waals surface area contributed by atoms with Crippen molar-refractivity contribution in [1.29, 1.82) is 0 Å². The van der Waals surface area contributed by atoms with Crippen molar-refractivity contribution in [2.75, 3.05) is 85.5 Å². The van der Waals surface area contributed by atoms with Crippen molar-refractivity contribution in [3.05, 3.63) is 29.3 Å². The topological polar surface area (TPSA) is 125 Å². The molecule has 0 aromatic heterocycles. The maximum atomic E-state index is 11.9. The molecule has 226 valence electrons. The van der Waals surface area contributed by atoms with Gasteiger partial charge in [0.2, 0.25) is 5.91 Å². The van der Waals surface area contributed by atoms with Crippen LogP contribution in [0.5, 0.6) is 5.75 Å². The normalized spacial score (nSPS) is 11.6. The van der Waals surface area contributed by atoms with Gasteiger partial charge in [-0.25, -0.2) is 0 Å². The lowest BCUT2D eigenvalue weighted by molar-refractivity contribution is -0.121. The quantitative estimate of drug-likeness (QED) is 0.108. The van der Waals surface area contributed by atoms with Gasteiger partial charge in [0.15, 0.2) is 0 Å². The number of carbonyl (C=O) groups is 1. The number of hydrogen-bond acceptors (Lipinski definition) is 11. The van der Waals surface area contributed by atoms with Gasteiger partial charge in [-0.05, 0) is 49.8 Å². The summed E-state index contributed by atoms with van der Waals surface area (Å²) in [6, 6.07) is 5.21. The first-order chi connectivity index (χ1) is 18.9. The van der Waals surface area contributed by atoms with E-state index in [2.05, 4.69) is 25.4 Å². The van der Waals surface area contributed by atoms with Gasteiger partial charge in [-0.3, -0.25) is 4.79 Å². The van der Waals surface area contributed by atoms with Gasteiger partial charge in [-0.2, -0.15) is 0 Å². The molecule has 1 aromatic carbocycles. The highest BCUT2D eigenvalue weighted by Gasteiger charge is 2.19. The lowest BCUT2D eigenvalue weighted by atomic mass is 10.1. The van der Waals surface area contributed by atoms with Gasteiger partial charge in [0, 0.05) is 17.7 Å². The SMILES string of the molecule is CSSC(C)(C)CCC(=O)NCCOCCOCCOCCOCCOCCOc1cc(CO)cc(CO)c1. The molecule has 0 radical (unpaired) electrons. The Morgan fingerprint density at radius 3 is 1.69 bits per heavy atom. The molecule has 0 atom stereocenters. The minimum absolute atomic E-state index is 0.0590. The molecule has 0 unspecified atom stereocenters. The number of benzene rings is 1. The first-order valence-electron chi connectivity index (χ1n) is 13.2. The highest BCUT2D eigenvalue weighted by molar-refractivity contribution is 8.76. The van der Waals surface area contributed by atoms with Crippen LogP contribution < -0.4 is 10.1 Å². The van der Waals surface area contributed by atoms with E-state index in [1.165, 1.54) is 0 Å². The zero-order valence-electron chi connectivity index (χ0n) is 23.6. The second kappa shape index (κ2) is 23.6. The van der Waals surface area contributed by atoms with Crippen LogP contribution in [0.2, 0.25) is 0 Å². The first kappa shape index (κ1) is 35.9. The van der Waals surface area contributed by atoms with Gasteiger partial charge >= 0.3 is 0 Å². The van der Waals surface area contributed by atoms with E-state index in [4.69, 9.17) is 28.4 Å². The highest BCUT2D eigenvalue weighted by Crippen LogP contribution is 2.36. The second-order valence-corrected chi connectivity index (χ2v) is 12.2. The predicted octanol–water partition coefficient (Wildman–Crippen LogP) is 2.82. The standard InChI is InChI=1S/C27H47NO9S2/c1-27(2,39-38-3)5-4-26(31)28-6-7-32-8-9-33-10-11-34-12-13-35-14-15-36-16-17-37-25-19-23(21-29)18-24(20-25)22-30/h18-20,29-30H,4-17,21-22H2,1-3H3,(H,28,31). The van der Waals surface area contributed by atoms with Crippen LogP contribution in [0.3, 0.4) is 0 Å². The summed E-state index contributed by atoms with van der Waals surface area (Å²) in [7, 11) is 3.52. The molecule has 0 saturated carbocycles. The average Bonchev–Trinajstić information content (AvgIpc) is 2.92. The molecule has 10 nitrogen and oxygen atoms in total. The smallest absolute Gasteiger partial charge is 0.220 e. The molecule has 1 rings (SSSR count). The number of aliphatic hydroxyl groups excluding tert-OH is 2. The number of nitrogens with one attached hydrogen (secondary N) is 1. The Kier molecular flexibility index (Phi) is 21.7. The highest BCUT2D eigenvalue weighted by atomic mass is 33.1. The maximum Gasteiger partial charge on any atom is 0.220 e. The van der Waals surface area contributed by atoms with E-state index >= 15 is 0 Å². The van der Waals surface area contributed by atoms with Crippen LogP contribution in [0.25, 0.3) is 0 Å². The third kappa shape index (κ3) is 20.4. The molecular formula is C27H47NO9S2. The predicted molar refractivity (Wildman–Crippen MR) is 155 cm³/mol. The second-order valence-electron chi connectivity index (χ2n) is 9.07. The molecule has 0 aliphatic heterocycles. The van der Waals surface area contributed by atoms with Crippen LogP contribution in [0.15, 0.2) is 18.2 Å². The molecule has 0 spiro atoms. The molecule has 1 amide bonds. The molecule has 0 aliphatic rings. The van der Waals surface area contributed by atoms with E-state index in [9.17, 15) is 15.0 Å². The fourth-order valence-corrected chi connectivity index (χ4v) is 5.47. The summed E-state index contributed by atoms with van der Waals surface area (Å²) in [6.45, 7) is 9.59. The summed E-state index contributed by atoms with van der Waals surface area (Å²) in [5, 5.41) is 21.4. The zero-order chi connectivity index (χ0) is 28.6. The first-order valence-corrected chi connectivity index (χ1v) is 15.8. The van der Waals surface area contributed by atoms with Crippen molar-refractivity contribution in [2.24, 2.45) is 0 Å². The molecule has 12 heteroatoms. The maximum absolute atomic E-state index is 11.9. The third-order valence-electron chi connectivity index (χ3n) is 5.21. The molecule has 0 aliphatic carbocycles. The van der Waals surface area contributed by atoms with Crippen molar-refractivity contribution in [2.45, 2.75) is 44.6 Å². The van der Waals surface area contributed by atoms with Crippen LogP contribution >= 0.6 is 21.6 Å². The van der Waals surface area contributed by atoms with Crippen molar-refractivity contribution in [1.82, 2.24) is 5.32 Å². The minimum atomic E-state index is -0.107. The van der Waals surface area contributed by atoms with Crippen molar-refractivity contribution >= 4 is 27.5 Å². The third-order valence-corrected chi connectivity index (χ3v) is 7.88. The van der Waals surface area contributed by atoms with Gasteiger partial charge in [0.1, 0.15) is 12.4 Å². The number of hydrogen-bond donors (Lipinski definition) is 3. The summed E-state index contributed by atoms with van der Waals surface area (Å²) in [5.41, 5.74) is 1.39. The van der Waals surface area contributed by atoms with Crippen LogP contribution in [0.1, 0.15) is 37.8 Å². The van der Waals surface area contributed by atoms with Crippen molar-refractivity contribution in [3.8, 4) is 5.75 Å². The Hall–Kier alpha value is -1.09. The van der Waals surface area contributed by atoms with Gasteiger partial charge < -0.3 is 44.0 Å². The molecule has 0 heterocycles. The fourth-order valence-electron chi connectivity index (χ4n) is 3.23. The van der Waals surface area contributed by atoms with E-state index in [0.29, 0.717) is 103 Å². The lowest BCUT2D eigenvalue weighted by Crippen LogP contribution is -2.29. The monoisotopic (exact) mass is 593 g/mol. The van der Waals surface area contributed by atoms with Gasteiger partial charge in [-0.1, -0.05) is 27.7 Å². The summed E-state index contributed by atoms with van der Waals surface area (Å²) in [4.78, 5) is 11.9. The number of amides is 1. The largest absolute Gasteiger partial charge is 0.491 e. The van der Waals surface area contributed by atoms with Crippen molar-refractivity contribution in [3.63, 3.8) is 0 Å². The van der Waals surface area contributed by atoms with E-state index < -0.39 is 0 Å². The van der Waals surface area contributed by atoms with Gasteiger partial charge in [-0.15, -0.1) is 0 Å². The molecule has 1 aromatic rings. The Morgan fingerprint density at radius 1 is 0.769 bits per heavy atom. The summed E-state index contributed by atoms with van der Waals surface area (Å²) in [6.07, 6.45) is 3.42. The molecule has 3 N–H and O–H groups in total. The molecule has 0 fully saturated rings. The van der Waals surface area contributed by atoms with Crippen LogP contribution in [-0.2, 0) is 41.7 Å². The summed E-state index contributed by atoms with van der Waals surface area (Å²) < 4.78 is 33.0. The number of aliphatic hydroxyl groups is 2. The molecular weight excluding hydrogens is 546 g/mol. The Labute approximate surface area is 241 Å². The van der Waals surface area contributed by atoms with Crippen molar-refractivity contribution < 1.29 is 43.4 Å².